The fourth-order valence-corrected chi connectivity index (χ4v) is 4.63. The van der Waals surface area contributed by atoms with Gasteiger partial charge >= 0.3 is 5.97 Å². The number of fused-ring (bicyclic) bond motifs is 3. The monoisotopic (exact) mass is 330 g/mol. The van der Waals surface area contributed by atoms with E-state index in [1.54, 1.807) is 6.07 Å². The summed E-state index contributed by atoms with van der Waals surface area (Å²) in [5.74, 6) is -0.385. The van der Waals surface area contributed by atoms with Crippen molar-refractivity contribution in [2.45, 2.75) is 37.4 Å². The van der Waals surface area contributed by atoms with E-state index in [0.717, 1.165) is 22.9 Å². The summed E-state index contributed by atoms with van der Waals surface area (Å²) in [7, 11) is 1.37. The maximum atomic E-state index is 12.5. The molecular weight excluding hydrogens is 312 g/mol. The second-order valence-corrected chi connectivity index (χ2v) is 7.30. The van der Waals surface area contributed by atoms with Crippen molar-refractivity contribution in [1.82, 2.24) is 10.6 Å². The Labute approximate surface area is 138 Å². The van der Waals surface area contributed by atoms with Crippen LogP contribution < -0.4 is 10.6 Å². The zero-order chi connectivity index (χ0) is 16.0. The van der Waals surface area contributed by atoms with E-state index in [0.29, 0.717) is 22.5 Å². The maximum Gasteiger partial charge on any atom is 0.348 e. The fourth-order valence-electron chi connectivity index (χ4n) is 3.61. The van der Waals surface area contributed by atoms with Crippen LogP contribution in [0, 0.1) is 0 Å². The largest absolute Gasteiger partial charge is 0.465 e. The second-order valence-electron chi connectivity index (χ2n) is 6.22. The van der Waals surface area contributed by atoms with E-state index in [-0.39, 0.29) is 17.9 Å². The highest BCUT2D eigenvalue weighted by Gasteiger charge is 2.39. The molecule has 2 aliphatic rings. The lowest BCUT2D eigenvalue weighted by atomic mass is 9.95. The molecule has 0 aliphatic carbocycles. The van der Waals surface area contributed by atoms with Gasteiger partial charge in [-0.25, -0.2) is 4.79 Å². The van der Waals surface area contributed by atoms with E-state index < -0.39 is 0 Å². The van der Waals surface area contributed by atoms with E-state index in [2.05, 4.69) is 10.6 Å². The first-order chi connectivity index (χ1) is 11.1. The van der Waals surface area contributed by atoms with Gasteiger partial charge in [0.1, 0.15) is 4.88 Å². The Bertz CT molecular complexity index is 785. The molecule has 1 aromatic heterocycles. The molecule has 0 spiro atoms. The van der Waals surface area contributed by atoms with Crippen LogP contribution in [0.3, 0.4) is 0 Å². The number of esters is 1. The number of nitrogens with one attached hydrogen (secondary N) is 2. The van der Waals surface area contributed by atoms with Crippen LogP contribution in [0.5, 0.6) is 0 Å². The molecule has 3 heterocycles. The lowest BCUT2D eigenvalue weighted by molar-refractivity contribution is 0.0606. The minimum absolute atomic E-state index is 0.0423. The minimum atomic E-state index is -0.342. The van der Waals surface area contributed by atoms with Gasteiger partial charge in [-0.1, -0.05) is 6.07 Å². The first kappa shape index (κ1) is 14.7. The summed E-state index contributed by atoms with van der Waals surface area (Å²) in [5.41, 5.74) is 0.638. The lowest BCUT2D eigenvalue weighted by Crippen LogP contribution is -2.42. The van der Waals surface area contributed by atoms with Gasteiger partial charge in [0, 0.05) is 28.4 Å². The number of methoxy groups -OCH3 is 1. The summed E-state index contributed by atoms with van der Waals surface area (Å²) in [6.45, 7) is 0. The normalized spacial score (nSPS) is 25.7. The first-order valence-electron chi connectivity index (χ1n) is 7.83. The number of thiophene rings is 1. The van der Waals surface area contributed by atoms with Crippen molar-refractivity contribution >= 4 is 33.3 Å². The molecule has 2 fully saturated rings. The third-order valence-corrected chi connectivity index (χ3v) is 5.86. The van der Waals surface area contributed by atoms with Crippen LogP contribution in [0.15, 0.2) is 24.3 Å². The van der Waals surface area contributed by atoms with Gasteiger partial charge in [0.15, 0.2) is 0 Å². The van der Waals surface area contributed by atoms with Crippen molar-refractivity contribution < 1.29 is 14.3 Å². The maximum absolute atomic E-state index is 12.5. The van der Waals surface area contributed by atoms with E-state index in [1.165, 1.54) is 24.9 Å². The van der Waals surface area contributed by atoms with Gasteiger partial charge < -0.3 is 15.4 Å². The Hall–Kier alpha value is -1.92. The Kier molecular flexibility index (Phi) is 3.58. The van der Waals surface area contributed by atoms with Crippen LogP contribution in [0.2, 0.25) is 0 Å². The van der Waals surface area contributed by atoms with Crippen molar-refractivity contribution in [1.29, 1.82) is 0 Å². The van der Waals surface area contributed by atoms with Gasteiger partial charge in [-0.15, -0.1) is 11.3 Å². The molecule has 2 aromatic rings. The van der Waals surface area contributed by atoms with Crippen molar-refractivity contribution in [3.05, 3.63) is 34.7 Å². The van der Waals surface area contributed by atoms with E-state index >= 15 is 0 Å². The van der Waals surface area contributed by atoms with Gasteiger partial charge in [-0.3, -0.25) is 4.79 Å². The predicted molar refractivity (Wildman–Crippen MR) is 89.0 cm³/mol. The standard InChI is InChI=1S/C17H18N2O3S/c1-22-17(21)15-6-9-2-3-10(7-14(9)23-15)16(20)19-13-8-11-4-5-12(13)18-11/h2-3,6-7,11-13,18H,4-5,8H2,1H3,(H,19,20)/t11-,12+,13-/m1/s1. The number of hydrogen-bond acceptors (Lipinski definition) is 5. The zero-order valence-electron chi connectivity index (χ0n) is 12.8. The number of rotatable bonds is 3. The lowest BCUT2D eigenvalue weighted by Gasteiger charge is -2.21. The van der Waals surface area contributed by atoms with Gasteiger partial charge in [0.25, 0.3) is 5.91 Å². The quantitative estimate of drug-likeness (QED) is 0.848. The van der Waals surface area contributed by atoms with Crippen LogP contribution in [0.4, 0.5) is 0 Å². The van der Waals surface area contributed by atoms with Crippen LogP contribution in [-0.2, 0) is 4.74 Å². The summed E-state index contributed by atoms with van der Waals surface area (Å²) < 4.78 is 5.67. The van der Waals surface area contributed by atoms with E-state index in [1.807, 2.05) is 18.2 Å². The zero-order valence-corrected chi connectivity index (χ0v) is 13.6. The smallest absolute Gasteiger partial charge is 0.348 e. The molecule has 2 aliphatic heterocycles. The summed E-state index contributed by atoms with van der Waals surface area (Å²) in [5, 5.41) is 7.62. The van der Waals surface area contributed by atoms with E-state index in [9.17, 15) is 9.59 Å². The van der Waals surface area contributed by atoms with Gasteiger partial charge in [-0.2, -0.15) is 0 Å². The highest BCUT2D eigenvalue weighted by atomic mass is 32.1. The third kappa shape index (κ3) is 2.62. The summed E-state index contributed by atoms with van der Waals surface area (Å²) in [6.07, 6.45) is 3.38. The number of carbonyl (C=O) groups excluding carboxylic acids is 2. The number of hydrogen-bond donors (Lipinski definition) is 2. The van der Waals surface area contributed by atoms with Crippen molar-refractivity contribution in [3.63, 3.8) is 0 Å². The minimum Gasteiger partial charge on any atom is -0.465 e. The fraction of sp³-hybridized carbons (Fsp3) is 0.412. The summed E-state index contributed by atoms with van der Waals surface area (Å²) >= 11 is 1.35. The summed E-state index contributed by atoms with van der Waals surface area (Å²) in [6, 6.07) is 8.55. The van der Waals surface area contributed by atoms with E-state index in [4.69, 9.17) is 4.74 Å². The average molecular weight is 330 g/mol. The number of ether oxygens (including phenoxy) is 1. The third-order valence-electron chi connectivity index (χ3n) is 4.79. The predicted octanol–water partition coefficient (Wildman–Crippen LogP) is 2.31. The van der Waals surface area contributed by atoms with Crippen LogP contribution in [0.1, 0.15) is 39.3 Å². The molecule has 2 saturated heterocycles. The molecule has 6 heteroatoms. The van der Waals surface area contributed by atoms with Gasteiger partial charge in [0.05, 0.1) is 7.11 Å². The van der Waals surface area contributed by atoms with Gasteiger partial charge in [0.2, 0.25) is 0 Å². The Balaban J connectivity index is 1.54. The summed E-state index contributed by atoms with van der Waals surface area (Å²) in [4.78, 5) is 24.7. The van der Waals surface area contributed by atoms with Crippen LogP contribution in [-0.4, -0.2) is 37.1 Å². The number of carbonyl (C=O) groups is 2. The molecule has 0 radical (unpaired) electrons. The number of amides is 1. The molecule has 120 valence electrons. The van der Waals surface area contributed by atoms with Gasteiger partial charge in [-0.05, 0) is 42.8 Å². The SMILES string of the molecule is COC(=O)c1cc2ccc(C(=O)N[C@@H]3C[C@H]4CC[C@@H]3N4)cc2s1. The molecular formula is C17H18N2O3S. The molecule has 4 rings (SSSR count). The van der Waals surface area contributed by atoms with Crippen molar-refractivity contribution in [2.75, 3.05) is 7.11 Å². The molecule has 2 bridgehead atoms. The molecule has 0 saturated carbocycles. The topological polar surface area (TPSA) is 67.4 Å². The first-order valence-corrected chi connectivity index (χ1v) is 8.64. The van der Waals surface area contributed by atoms with Crippen molar-refractivity contribution in [2.24, 2.45) is 0 Å². The molecule has 3 atom stereocenters. The Morgan fingerprint density at radius 2 is 2.17 bits per heavy atom. The van der Waals surface area contributed by atoms with Crippen LogP contribution in [0.25, 0.3) is 10.1 Å². The highest BCUT2D eigenvalue weighted by Crippen LogP contribution is 2.29. The average Bonchev–Trinajstić information content (AvgIpc) is 3.27. The molecule has 23 heavy (non-hydrogen) atoms. The Morgan fingerprint density at radius 3 is 2.87 bits per heavy atom. The molecule has 1 aromatic carbocycles. The number of benzene rings is 1. The highest BCUT2D eigenvalue weighted by molar-refractivity contribution is 7.20. The Morgan fingerprint density at radius 1 is 1.30 bits per heavy atom. The molecule has 1 amide bonds. The molecule has 5 nitrogen and oxygen atoms in total. The van der Waals surface area contributed by atoms with Crippen LogP contribution >= 0.6 is 11.3 Å². The molecule has 0 unspecified atom stereocenters. The second kappa shape index (κ2) is 5.62. The van der Waals surface area contributed by atoms with Crippen molar-refractivity contribution in [3.8, 4) is 0 Å². The molecule has 2 N–H and O–H groups in total.